The van der Waals surface area contributed by atoms with Crippen molar-refractivity contribution in [3.8, 4) is 0 Å². The molecule has 0 amide bonds. The van der Waals surface area contributed by atoms with Crippen molar-refractivity contribution in [2.75, 3.05) is 11.1 Å². The lowest BCUT2D eigenvalue weighted by Crippen LogP contribution is -1.94. The average molecular weight is 199 g/mol. The normalized spacial score (nSPS) is 9.93. The maximum absolute atomic E-state index is 5.55. The maximum Gasteiger partial charge on any atom is 0.130 e. The van der Waals surface area contributed by atoms with E-state index < -0.39 is 0 Å². The van der Waals surface area contributed by atoms with Crippen molar-refractivity contribution in [3.05, 3.63) is 48.2 Å². The zero-order valence-electron chi connectivity index (χ0n) is 8.57. The maximum atomic E-state index is 5.55. The van der Waals surface area contributed by atoms with Crippen LogP contribution in [0.1, 0.15) is 5.56 Å². The van der Waals surface area contributed by atoms with E-state index >= 15 is 0 Å². The molecule has 1 aromatic carbocycles. The molecule has 0 spiro atoms. The van der Waals surface area contributed by atoms with E-state index in [4.69, 9.17) is 5.73 Å². The summed E-state index contributed by atoms with van der Waals surface area (Å²) < 4.78 is 0. The Morgan fingerprint density at radius 2 is 1.80 bits per heavy atom. The van der Waals surface area contributed by atoms with Crippen molar-refractivity contribution in [2.45, 2.75) is 6.92 Å². The molecule has 0 aliphatic carbocycles. The molecule has 3 nitrogen and oxygen atoms in total. The molecule has 2 rings (SSSR count). The number of nitrogens with two attached hydrogens (primary N) is 1. The monoisotopic (exact) mass is 199 g/mol. The lowest BCUT2D eigenvalue weighted by atomic mass is 10.2. The molecule has 3 heteroatoms. The summed E-state index contributed by atoms with van der Waals surface area (Å²) in [4.78, 5) is 4.16. The highest BCUT2D eigenvalue weighted by molar-refractivity contribution is 5.57. The molecule has 1 aromatic heterocycles. The van der Waals surface area contributed by atoms with Gasteiger partial charge in [-0.1, -0.05) is 17.7 Å². The van der Waals surface area contributed by atoms with E-state index in [0.29, 0.717) is 5.69 Å². The van der Waals surface area contributed by atoms with Crippen molar-refractivity contribution < 1.29 is 0 Å². The van der Waals surface area contributed by atoms with Crippen molar-refractivity contribution in [1.82, 2.24) is 4.98 Å². The molecule has 0 aliphatic rings. The Kier molecular flexibility index (Phi) is 2.54. The van der Waals surface area contributed by atoms with E-state index in [0.717, 1.165) is 11.5 Å². The van der Waals surface area contributed by atoms with Gasteiger partial charge in [0, 0.05) is 5.69 Å². The predicted molar refractivity (Wildman–Crippen MR) is 63.1 cm³/mol. The second-order valence-corrected chi connectivity index (χ2v) is 3.47. The quantitative estimate of drug-likeness (QED) is 0.781. The highest BCUT2D eigenvalue weighted by atomic mass is 15.0. The number of hydrogen-bond acceptors (Lipinski definition) is 3. The fraction of sp³-hybridized carbons (Fsp3) is 0.0833. The second kappa shape index (κ2) is 4.00. The van der Waals surface area contributed by atoms with Gasteiger partial charge in [-0.05, 0) is 31.2 Å². The predicted octanol–water partition coefficient (Wildman–Crippen LogP) is 2.72. The summed E-state index contributed by atoms with van der Waals surface area (Å²) in [5, 5.41) is 3.19. The fourth-order valence-electron chi connectivity index (χ4n) is 1.26. The minimum atomic E-state index is 0.671. The van der Waals surface area contributed by atoms with Gasteiger partial charge < -0.3 is 11.1 Å². The number of aromatic nitrogens is 1. The summed E-state index contributed by atoms with van der Waals surface area (Å²) in [5.41, 5.74) is 8.49. The number of nitrogen functional groups attached to an aromatic ring is 1. The summed E-state index contributed by atoms with van der Waals surface area (Å²) in [7, 11) is 0. The Balaban J connectivity index is 2.15. The summed E-state index contributed by atoms with van der Waals surface area (Å²) in [6.07, 6.45) is 1.64. The molecule has 0 saturated carbocycles. The van der Waals surface area contributed by atoms with Crippen molar-refractivity contribution in [2.24, 2.45) is 0 Å². The zero-order chi connectivity index (χ0) is 10.7. The molecule has 0 radical (unpaired) electrons. The standard InChI is InChI=1S/C12H13N3/c1-9-2-5-11(6-3-9)15-12-7-4-10(13)8-14-12/h2-8H,13H2,1H3,(H,14,15). The molecule has 15 heavy (non-hydrogen) atoms. The van der Waals surface area contributed by atoms with Crippen LogP contribution in [-0.2, 0) is 0 Å². The lowest BCUT2D eigenvalue weighted by Gasteiger charge is -2.05. The van der Waals surface area contributed by atoms with E-state index in [1.165, 1.54) is 5.56 Å². The Morgan fingerprint density at radius 3 is 2.40 bits per heavy atom. The van der Waals surface area contributed by atoms with Gasteiger partial charge in [0.15, 0.2) is 0 Å². The molecule has 0 unspecified atom stereocenters. The van der Waals surface area contributed by atoms with Crippen molar-refractivity contribution >= 4 is 17.2 Å². The van der Waals surface area contributed by atoms with Crippen LogP contribution in [0, 0.1) is 6.92 Å². The SMILES string of the molecule is Cc1ccc(Nc2ccc(N)cn2)cc1. The van der Waals surface area contributed by atoms with Crippen molar-refractivity contribution in [3.63, 3.8) is 0 Å². The first kappa shape index (κ1) is 9.52. The molecule has 1 heterocycles. The summed E-state index contributed by atoms with van der Waals surface area (Å²) in [6, 6.07) is 11.8. The van der Waals surface area contributed by atoms with Crippen LogP contribution >= 0.6 is 0 Å². The van der Waals surface area contributed by atoms with Crippen LogP contribution in [0.4, 0.5) is 17.2 Å². The number of benzene rings is 1. The van der Waals surface area contributed by atoms with Gasteiger partial charge in [0.2, 0.25) is 0 Å². The minimum absolute atomic E-state index is 0.671. The second-order valence-electron chi connectivity index (χ2n) is 3.47. The van der Waals surface area contributed by atoms with Crippen LogP contribution in [-0.4, -0.2) is 4.98 Å². The number of nitrogens with one attached hydrogen (secondary N) is 1. The van der Waals surface area contributed by atoms with Gasteiger partial charge in [0.1, 0.15) is 5.82 Å². The van der Waals surface area contributed by atoms with Crippen LogP contribution in [0.25, 0.3) is 0 Å². The molecular weight excluding hydrogens is 186 g/mol. The first-order valence-corrected chi connectivity index (χ1v) is 4.79. The highest BCUT2D eigenvalue weighted by Crippen LogP contribution is 2.15. The van der Waals surface area contributed by atoms with Gasteiger partial charge in [-0.25, -0.2) is 4.98 Å². The van der Waals surface area contributed by atoms with Crippen LogP contribution in [0.3, 0.4) is 0 Å². The van der Waals surface area contributed by atoms with Gasteiger partial charge in [-0.2, -0.15) is 0 Å². The smallest absolute Gasteiger partial charge is 0.130 e. The van der Waals surface area contributed by atoms with E-state index in [1.54, 1.807) is 6.20 Å². The largest absolute Gasteiger partial charge is 0.397 e. The van der Waals surface area contributed by atoms with E-state index in [2.05, 4.69) is 29.4 Å². The molecule has 0 atom stereocenters. The number of hydrogen-bond donors (Lipinski definition) is 2. The van der Waals surface area contributed by atoms with Crippen LogP contribution in [0.15, 0.2) is 42.6 Å². The topological polar surface area (TPSA) is 50.9 Å². The molecule has 0 saturated heterocycles. The van der Waals surface area contributed by atoms with Crippen molar-refractivity contribution in [1.29, 1.82) is 0 Å². The first-order valence-electron chi connectivity index (χ1n) is 4.79. The fourth-order valence-corrected chi connectivity index (χ4v) is 1.26. The molecule has 0 bridgehead atoms. The van der Waals surface area contributed by atoms with Gasteiger partial charge in [-0.3, -0.25) is 0 Å². The molecular formula is C12H13N3. The minimum Gasteiger partial charge on any atom is -0.397 e. The molecule has 0 fully saturated rings. The zero-order valence-corrected chi connectivity index (χ0v) is 8.57. The summed E-state index contributed by atoms with van der Waals surface area (Å²) in [5.74, 6) is 0.799. The Bertz CT molecular complexity index is 388. The number of rotatable bonds is 2. The molecule has 76 valence electrons. The molecule has 0 aliphatic heterocycles. The number of aryl methyl sites for hydroxylation is 1. The third-order valence-electron chi connectivity index (χ3n) is 2.11. The van der Waals surface area contributed by atoms with Gasteiger partial charge >= 0.3 is 0 Å². The third kappa shape index (κ3) is 2.47. The number of anilines is 3. The lowest BCUT2D eigenvalue weighted by molar-refractivity contribution is 1.31. The van der Waals surface area contributed by atoms with Crippen LogP contribution < -0.4 is 11.1 Å². The van der Waals surface area contributed by atoms with Gasteiger partial charge in [0.25, 0.3) is 0 Å². The van der Waals surface area contributed by atoms with E-state index in [1.807, 2.05) is 24.3 Å². The average Bonchev–Trinajstić information content (AvgIpc) is 2.25. The Labute approximate surface area is 89.0 Å². The summed E-state index contributed by atoms with van der Waals surface area (Å²) in [6.45, 7) is 2.06. The van der Waals surface area contributed by atoms with Crippen LogP contribution in [0.5, 0.6) is 0 Å². The van der Waals surface area contributed by atoms with E-state index in [-0.39, 0.29) is 0 Å². The number of nitrogens with zero attached hydrogens (tertiary/aromatic N) is 1. The van der Waals surface area contributed by atoms with Gasteiger partial charge in [0.05, 0.1) is 11.9 Å². The Hall–Kier alpha value is -2.03. The Morgan fingerprint density at radius 1 is 1.07 bits per heavy atom. The number of pyridine rings is 1. The highest BCUT2D eigenvalue weighted by Gasteiger charge is 1.94. The van der Waals surface area contributed by atoms with Gasteiger partial charge in [-0.15, -0.1) is 0 Å². The molecule has 3 N–H and O–H groups in total. The first-order chi connectivity index (χ1) is 7.24. The summed E-state index contributed by atoms with van der Waals surface area (Å²) >= 11 is 0. The molecule has 2 aromatic rings. The third-order valence-corrected chi connectivity index (χ3v) is 2.11. The van der Waals surface area contributed by atoms with E-state index in [9.17, 15) is 0 Å². The van der Waals surface area contributed by atoms with Crippen LogP contribution in [0.2, 0.25) is 0 Å².